The molecular formula is C35H41NO15. The van der Waals surface area contributed by atoms with Crippen LogP contribution in [0.2, 0.25) is 0 Å². The highest BCUT2D eigenvalue weighted by atomic mass is 16.7. The summed E-state index contributed by atoms with van der Waals surface area (Å²) >= 11 is 0. The van der Waals surface area contributed by atoms with E-state index in [0.29, 0.717) is 6.42 Å². The fraction of sp³-hybridized carbons (Fsp3) is 0.514. The minimum atomic E-state index is -2.32. The minimum Gasteiger partial charge on any atom is -0.507 e. The fourth-order valence-corrected chi connectivity index (χ4v) is 7.05. The van der Waals surface area contributed by atoms with Gasteiger partial charge in [0.25, 0.3) is 0 Å². The topological polar surface area (TPSA) is 245 Å². The van der Waals surface area contributed by atoms with Crippen LogP contribution in [0.5, 0.6) is 17.2 Å². The summed E-state index contributed by atoms with van der Waals surface area (Å²) < 4.78 is 27.2. The molecule has 16 nitrogen and oxygen atoms in total. The van der Waals surface area contributed by atoms with Crippen LogP contribution in [0.25, 0.3) is 0 Å². The number of methoxy groups -OCH3 is 2. The maximum absolute atomic E-state index is 13.9. The number of hydrogen-bond acceptors (Lipinski definition) is 16. The first-order valence-corrected chi connectivity index (χ1v) is 16.4. The van der Waals surface area contributed by atoms with Gasteiger partial charge in [0.1, 0.15) is 29.5 Å². The van der Waals surface area contributed by atoms with Gasteiger partial charge in [-0.3, -0.25) is 19.2 Å². The molecule has 2 aliphatic carbocycles. The van der Waals surface area contributed by atoms with Gasteiger partial charge in [-0.1, -0.05) is 12.1 Å². The number of fused-ring (bicyclic) bond motifs is 3. The van der Waals surface area contributed by atoms with E-state index in [1.165, 1.54) is 39.3 Å². The molecule has 1 aliphatic heterocycles. The van der Waals surface area contributed by atoms with Gasteiger partial charge in [-0.25, -0.2) is 4.79 Å². The maximum Gasteiger partial charge on any atom is 0.347 e. The molecule has 51 heavy (non-hydrogen) atoms. The van der Waals surface area contributed by atoms with E-state index in [-0.39, 0.29) is 47.4 Å². The Morgan fingerprint density at radius 1 is 1.08 bits per heavy atom. The van der Waals surface area contributed by atoms with Gasteiger partial charge in [-0.05, 0) is 32.4 Å². The molecule has 1 saturated heterocycles. The van der Waals surface area contributed by atoms with Crippen LogP contribution in [0.3, 0.4) is 0 Å². The van der Waals surface area contributed by atoms with Crippen molar-refractivity contribution >= 4 is 29.3 Å². The average Bonchev–Trinajstić information content (AvgIpc) is 3.10. The van der Waals surface area contributed by atoms with Crippen molar-refractivity contribution in [2.75, 3.05) is 27.4 Å². The van der Waals surface area contributed by atoms with Crippen LogP contribution < -0.4 is 10.1 Å². The number of ketones is 3. The van der Waals surface area contributed by atoms with Crippen molar-refractivity contribution < 1.29 is 73.2 Å². The van der Waals surface area contributed by atoms with E-state index >= 15 is 0 Å². The van der Waals surface area contributed by atoms with Gasteiger partial charge >= 0.3 is 11.9 Å². The summed E-state index contributed by atoms with van der Waals surface area (Å²) in [5, 5.41) is 58.5. The van der Waals surface area contributed by atoms with Crippen molar-refractivity contribution in [3.05, 3.63) is 51.6 Å². The van der Waals surface area contributed by atoms with E-state index < -0.39 is 114 Å². The molecule has 6 N–H and O–H groups in total. The zero-order valence-corrected chi connectivity index (χ0v) is 28.5. The molecule has 7 unspecified atom stereocenters. The van der Waals surface area contributed by atoms with Gasteiger partial charge < -0.3 is 54.5 Å². The summed E-state index contributed by atoms with van der Waals surface area (Å²) in [5.74, 6) is -5.36. The van der Waals surface area contributed by atoms with Crippen molar-refractivity contribution in [1.29, 1.82) is 0 Å². The van der Waals surface area contributed by atoms with Gasteiger partial charge in [0.15, 0.2) is 24.0 Å². The third-order valence-corrected chi connectivity index (χ3v) is 9.58. The predicted octanol–water partition coefficient (Wildman–Crippen LogP) is 0.517. The quantitative estimate of drug-likeness (QED) is 0.0850. The summed E-state index contributed by atoms with van der Waals surface area (Å²) in [4.78, 5) is 63.8. The summed E-state index contributed by atoms with van der Waals surface area (Å²) in [6, 6.07) is 3.66. The van der Waals surface area contributed by atoms with E-state index in [2.05, 4.69) is 10.1 Å². The molecule has 1 fully saturated rings. The SMILES string of the molecule is COC(=O)C(CCCNC1CC(OC2CC(O)(C(=O)CO)Cc3c(O)c4c(c(O)c32)C(=O)c2c(OC)cccc2C4=O)OC(C)C1O)OC(C)=O. The molecule has 0 spiro atoms. The minimum absolute atomic E-state index is 0.00618. The van der Waals surface area contributed by atoms with Crippen LogP contribution in [0, 0.1) is 0 Å². The molecule has 276 valence electrons. The van der Waals surface area contributed by atoms with Crippen molar-refractivity contribution in [3.63, 3.8) is 0 Å². The number of aliphatic hydroxyl groups is 3. The number of aromatic hydroxyl groups is 2. The van der Waals surface area contributed by atoms with E-state index in [9.17, 15) is 49.5 Å². The molecule has 3 aliphatic rings. The van der Waals surface area contributed by atoms with Crippen LogP contribution in [-0.4, -0.2) is 118 Å². The monoisotopic (exact) mass is 715 g/mol. The second kappa shape index (κ2) is 15.0. The molecule has 2 aromatic carbocycles. The Kier molecular flexibility index (Phi) is 11.1. The molecular weight excluding hydrogens is 674 g/mol. The van der Waals surface area contributed by atoms with Crippen LogP contribution in [0.1, 0.15) is 88.6 Å². The Bertz CT molecular complexity index is 1740. The van der Waals surface area contributed by atoms with Crippen LogP contribution in [0.4, 0.5) is 0 Å². The van der Waals surface area contributed by atoms with E-state index in [0.717, 1.165) is 0 Å². The lowest BCUT2D eigenvalue weighted by Gasteiger charge is -2.43. The molecule has 2 aromatic rings. The Labute approximate surface area is 292 Å². The summed E-state index contributed by atoms with van der Waals surface area (Å²) in [5.41, 5.74) is -3.94. The molecule has 1 heterocycles. The maximum atomic E-state index is 13.9. The van der Waals surface area contributed by atoms with Gasteiger partial charge in [-0.2, -0.15) is 0 Å². The number of hydrogen-bond donors (Lipinski definition) is 6. The average molecular weight is 716 g/mol. The zero-order valence-electron chi connectivity index (χ0n) is 28.5. The van der Waals surface area contributed by atoms with E-state index in [1.807, 2.05) is 0 Å². The van der Waals surface area contributed by atoms with Gasteiger partial charge in [0.05, 0.1) is 49.2 Å². The van der Waals surface area contributed by atoms with Crippen molar-refractivity contribution in [1.82, 2.24) is 5.32 Å². The van der Waals surface area contributed by atoms with Gasteiger partial charge in [0, 0.05) is 48.9 Å². The molecule has 0 aromatic heterocycles. The van der Waals surface area contributed by atoms with Crippen LogP contribution in [-0.2, 0) is 39.8 Å². The summed E-state index contributed by atoms with van der Waals surface area (Å²) in [6.07, 6.45) is -6.23. The van der Waals surface area contributed by atoms with Crippen LogP contribution >= 0.6 is 0 Å². The predicted molar refractivity (Wildman–Crippen MR) is 172 cm³/mol. The normalized spacial score (nSPS) is 26.0. The molecule has 0 bridgehead atoms. The highest BCUT2D eigenvalue weighted by Gasteiger charge is 2.50. The number of carbonyl (C=O) groups is 5. The Balaban J connectivity index is 1.45. The van der Waals surface area contributed by atoms with Crippen LogP contribution in [0.15, 0.2) is 18.2 Å². The molecule has 0 amide bonds. The Hall–Kier alpha value is -4.45. The number of esters is 2. The molecule has 7 atom stereocenters. The third kappa shape index (κ3) is 7.07. The lowest BCUT2D eigenvalue weighted by atomic mass is 9.72. The number of benzene rings is 2. The Morgan fingerprint density at radius 3 is 2.43 bits per heavy atom. The Morgan fingerprint density at radius 2 is 1.78 bits per heavy atom. The third-order valence-electron chi connectivity index (χ3n) is 9.58. The first-order valence-electron chi connectivity index (χ1n) is 16.4. The summed E-state index contributed by atoms with van der Waals surface area (Å²) in [7, 11) is 2.48. The number of carbonyl (C=O) groups excluding carboxylic acids is 5. The largest absolute Gasteiger partial charge is 0.507 e. The highest BCUT2D eigenvalue weighted by Crippen LogP contribution is 2.52. The molecule has 0 radical (unpaired) electrons. The van der Waals surface area contributed by atoms with Crippen molar-refractivity contribution in [3.8, 4) is 17.2 Å². The summed E-state index contributed by atoms with van der Waals surface area (Å²) in [6.45, 7) is 1.94. The van der Waals surface area contributed by atoms with Gasteiger partial charge in [-0.15, -0.1) is 0 Å². The van der Waals surface area contributed by atoms with E-state index in [1.54, 1.807) is 6.92 Å². The fourth-order valence-electron chi connectivity index (χ4n) is 7.05. The first-order chi connectivity index (χ1) is 24.2. The number of rotatable bonds is 12. The number of ether oxygens (including phenoxy) is 5. The molecule has 16 heteroatoms. The van der Waals surface area contributed by atoms with Crippen molar-refractivity contribution in [2.45, 2.75) is 88.3 Å². The number of nitrogens with one attached hydrogen (secondary N) is 1. The zero-order chi connectivity index (χ0) is 37.4. The number of Topliss-reactive ketones (excluding diaryl/α,β-unsaturated/α-hetero) is 1. The van der Waals surface area contributed by atoms with Crippen molar-refractivity contribution in [2.24, 2.45) is 0 Å². The number of phenolic OH excluding ortho intramolecular Hbond substituents is 2. The standard InChI is InChI=1S/C35H41NO15/c1-15-29(40)19(36-10-6-9-21(34(45)48-4)50-16(2)38)11-24(49-15)51-22-13-35(46,23(39)14-37)12-18-26(22)33(44)28-27(31(18)42)30(41)17-7-5-8-20(47-3)25(17)32(28)43/h5,7-8,15,19,21-22,24,29,36-37,40,42,44,46H,6,9-14H2,1-4H3. The van der Waals surface area contributed by atoms with E-state index in [4.69, 9.17) is 18.9 Å². The highest BCUT2D eigenvalue weighted by molar-refractivity contribution is 6.31. The second-order valence-corrected chi connectivity index (χ2v) is 12.8. The number of phenols is 2. The lowest BCUT2D eigenvalue weighted by molar-refractivity contribution is -0.249. The lowest BCUT2D eigenvalue weighted by Crippen LogP contribution is -2.54. The number of aliphatic hydroxyl groups excluding tert-OH is 2. The smallest absolute Gasteiger partial charge is 0.347 e. The molecule has 5 rings (SSSR count). The van der Waals surface area contributed by atoms with Gasteiger partial charge in [0.2, 0.25) is 5.78 Å². The first kappa shape index (κ1) is 37.8. The second-order valence-electron chi connectivity index (χ2n) is 12.8. The molecule has 0 saturated carbocycles.